The predicted octanol–water partition coefficient (Wildman–Crippen LogP) is 4.68. The number of rotatable bonds is 5. The van der Waals surface area contributed by atoms with Crippen LogP contribution in [0.1, 0.15) is 23.5 Å². The molecule has 1 heterocycles. The van der Waals surface area contributed by atoms with Gasteiger partial charge >= 0.3 is 0 Å². The minimum atomic E-state index is -0.299. The highest BCUT2D eigenvalue weighted by molar-refractivity contribution is 7.14. The molecule has 0 aliphatic heterocycles. The van der Waals surface area contributed by atoms with E-state index in [1.165, 1.54) is 29.5 Å². The van der Waals surface area contributed by atoms with Gasteiger partial charge in [0, 0.05) is 12.1 Å². The summed E-state index contributed by atoms with van der Waals surface area (Å²) in [5.74, 6) is -0.541. The summed E-state index contributed by atoms with van der Waals surface area (Å²) in [6.07, 6.45) is 0. The molecule has 0 aliphatic carbocycles. The second-order valence-electron chi connectivity index (χ2n) is 5.64. The van der Waals surface area contributed by atoms with Gasteiger partial charge in [0.05, 0.1) is 6.04 Å². The Morgan fingerprint density at radius 1 is 1.04 bits per heavy atom. The van der Waals surface area contributed by atoms with Gasteiger partial charge in [0.1, 0.15) is 16.6 Å². The van der Waals surface area contributed by atoms with Crippen molar-refractivity contribution in [3.8, 4) is 10.6 Å². The van der Waals surface area contributed by atoms with Gasteiger partial charge in [0.15, 0.2) is 5.01 Å². The van der Waals surface area contributed by atoms with Gasteiger partial charge in [0.25, 0.3) is 0 Å². The summed E-state index contributed by atoms with van der Waals surface area (Å²) in [5.41, 5.74) is 1.49. The molecule has 1 aromatic heterocycles. The average molecular weight is 345 g/mol. The molecular formula is C18H17F2N3S. The fourth-order valence-electron chi connectivity index (χ4n) is 2.35. The van der Waals surface area contributed by atoms with Gasteiger partial charge in [-0.05, 0) is 43.8 Å². The number of benzene rings is 2. The highest BCUT2D eigenvalue weighted by Crippen LogP contribution is 2.30. The molecule has 0 N–H and O–H groups in total. The third-order valence-corrected chi connectivity index (χ3v) is 5.04. The molecule has 124 valence electrons. The van der Waals surface area contributed by atoms with Gasteiger partial charge in [-0.1, -0.05) is 35.6 Å². The van der Waals surface area contributed by atoms with E-state index < -0.39 is 0 Å². The van der Waals surface area contributed by atoms with E-state index in [2.05, 4.69) is 15.1 Å². The molecule has 6 heteroatoms. The van der Waals surface area contributed by atoms with Crippen molar-refractivity contribution in [2.45, 2.75) is 19.5 Å². The summed E-state index contributed by atoms with van der Waals surface area (Å²) in [6, 6.07) is 13.0. The van der Waals surface area contributed by atoms with E-state index in [4.69, 9.17) is 0 Å². The molecule has 3 aromatic rings. The molecule has 2 aromatic carbocycles. The maximum Gasteiger partial charge on any atom is 0.150 e. The summed E-state index contributed by atoms with van der Waals surface area (Å²) >= 11 is 1.39. The van der Waals surface area contributed by atoms with Crippen molar-refractivity contribution in [2.75, 3.05) is 7.05 Å². The Morgan fingerprint density at radius 3 is 2.46 bits per heavy atom. The first-order valence-electron chi connectivity index (χ1n) is 7.57. The van der Waals surface area contributed by atoms with Crippen molar-refractivity contribution in [2.24, 2.45) is 0 Å². The third-order valence-electron chi connectivity index (χ3n) is 3.91. The minimum Gasteiger partial charge on any atom is -0.293 e. The van der Waals surface area contributed by atoms with Gasteiger partial charge in [0.2, 0.25) is 0 Å². The third kappa shape index (κ3) is 3.66. The molecule has 0 radical (unpaired) electrons. The van der Waals surface area contributed by atoms with E-state index in [9.17, 15) is 8.78 Å². The maximum atomic E-state index is 13.9. The molecule has 0 spiro atoms. The summed E-state index contributed by atoms with van der Waals surface area (Å²) < 4.78 is 26.8. The van der Waals surface area contributed by atoms with Crippen LogP contribution < -0.4 is 0 Å². The zero-order valence-electron chi connectivity index (χ0n) is 13.4. The van der Waals surface area contributed by atoms with Crippen LogP contribution in [0, 0.1) is 11.6 Å². The normalized spacial score (nSPS) is 12.5. The number of hydrogen-bond donors (Lipinski definition) is 0. The molecule has 0 unspecified atom stereocenters. The fraction of sp³-hybridized carbons (Fsp3) is 0.222. The molecule has 0 amide bonds. The van der Waals surface area contributed by atoms with E-state index in [0.29, 0.717) is 17.1 Å². The number of nitrogens with zero attached hydrogens (tertiary/aromatic N) is 3. The predicted molar refractivity (Wildman–Crippen MR) is 91.6 cm³/mol. The fourth-order valence-corrected chi connectivity index (χ4v) is 3.34. The van der Waals surface area contributed by atoms with Crippen LogP contribution in [-0.4, -0.2) is 22.1 Å². The molecule has 3 rings (SSSR count). The zero-order valence-corrected chi connectivity index (χ0v) is 14.2. The summed E-state index contributed by atoms with van der Waals surface area (Å²) in [7, 11) is 1.97. The first-order chi connectivity index (χ1) is 11.5. The van der Waals surface area contributed by atoms with Gasteiger partial charge in [-0.3, -0.25) is 4.90 Å². The molecule has 0 fully saturated rings. The second-order valence-corrected chi connectivity index (χ2v) is 6.65. The monoisotopic (exact) mass is 345 g/mol. The largest absolute Gasteiger partial charge is 0.293 e. The van der Waals surface area contributed by atoms with Crippen molar-refractivity contribution in [3.05, 3.63) is 70.7 Å². The van der Waals surface area contributed by atoms with Crippen LogP contribution in [0.4, 0.5) is 8.78 Å². The van der Waals surface area contributed by atoms with Crippen LogP contribution in [-0.2, 0) is 6.54 Å². The smallest absolute Gasteiger partial charge is 0.150 e. The van der Waals surface area contributed by atoms with Gasteiger partial charge in [-0.2, -0.15) is 0 Å². The molecule has 24 heavy (non-hydrogen) atoms. The van der Waals surface area contributed by atoms with Crippen molar-refractivity contribution in [1.82, 2.24) is 15.1 Å². The average Bonchev–Trinajstić information content (AvgIpc) is 3.06. The Morgan fingerprint density at radius 2 is 1.75 bits per heavy atom. The molecule has 3 nitrogen and oxygen atoms in total. The molecule has 0 saturated heterocycles. The van der Waals surface area contributed by atoms with E-state index in [1.807, 2.05) is 14.0 Å². The number of aromatic nitrogens is 2. The van der Waals surface area contributed by atoms with Crippen molar-refractivity contribution < 1.29 is 8.78 Å². The van der Waals surface area contributed by atoms with Gasteiger partial charge < -0.3 is 0 Å². The summed E-state index contributed by atoms with van der Waals surface area (Å²) in [4.78, 5) is 2.10. The topological polar surface area (TPSA) is 29.0 Å². The lowest BCUT2D eigenvalue weighted by atomic mass is 10.2. The van der Waals surface area contributed by atoms with Crippen LogP contribution in [0.25, 0.3) is 10.6 Å². The zero-order chi connectivity index (χ0) is 17.1. The maximum absolute atomic E-state index is 13.9. The van der Waals surface area contributed by atoms with Crippen LogP contribution >= 0.6 is 11.3 Å². The Kier molecular flexibility index (Phi) is 4.97. The lowest BCUT2D eigenvalue weighted by molar-refractivity contribution is 0.251. The lowest BCUT2D eigenvalue weighted by Crippen LogP contribution is -2.21. The van der Waals surface area contributed by atoms with Crippen LogP contribution in [0.5, 0.6) is 0 Å². The van der Waals surface area contributed by atoms with Crippen molar-refractivity contribution >= 4 is 11.3 Å². The number of halogens is 2. The van der Waals surface area contributed by atoms with Gasteiger partial charge in [-0.15, -0.1) is 10.2 Å². The van der Waals surface area contributed by atoms with Crippen molar-refractivity contribution in [3.63, 3.8) is 0 Å². The van der Waals surface area contributed by atoms with E-state index in [-0.39, 0.29) is 17.7 Å². The lowest BCUT2D eigenvalue weighted by Gasteiger charge is -2.22. The Bertz CT molecular complexity index is 817. The molecule has 1 atom stereocenters. The summed E-state index contributed by atoms with van der Waals surface area (Å²) in [6.45, 7) is 2.69. The van der Waals surface area contributed by atoms with Gasteiger partial charge in [-0.25, -0.2) is 8.78 Å². The second kappa shape index (κ2) is 7.15. The molecule has 0 bridgehead atoms. The Hall–Kier alpha value is -2.18. The van der Waals surface area contributed by atoms with Crippen molar-refractivity contribution in [1.29, 1.82) is 0 Å². The first kappa shape index (κ1) is 16.7. The van der Waals surface area contributed by atoms with Crippen LogP contribution in [0.15, 0.2) is 48.5 Å². The highest BCUT2D eigenvalue weighted by Gasteiger charge is 2.18. The molecule has 0 saturated carbocycles. The SMILES string of the molecule is C[C@@H](c1nnc(-c2ccccc2F)s1)N(C)Cc1ccc(F)cc1. The Balaban J connectivity index is 1.74. The van der Waals surface area contributed by atoms with E-state index in [1.54, 1.807) is 30.3 Å². The summed E-state index contributed by atoms with van der Waals surface area (Å²) in [5, 5.41) is 9.72. The van der Waals surface area contributed by atoms with Crippen LogP contribution in [0.3, 0.4) is 0 Å². The standard InChI is InChI=1S/C18H17F2N3S/c1-12(23(2)11-13-7-9-14(19)10-8-13)17-21-22-18(24-17)15-5-3-4-6-16(15)20/h3-10,12H,11H2,1-2H3/t12-/m0/s1. The number of hydrogen-bond acceptors (Lipinski definition) is 4. The quantitative estimate of drug-likeness (QED) is 0.672. The van der Waals surface area contributed by atoms with E-state index >= 15 is 0 Å². The first-order valence-corrected chi connectivity index (χ1v) is 8.39. The molecular weight excluding hydrogens is 328 g/mol. The molecule has 0 aliphatic rings. The highest BCUT2D eigenvalue weighted by atomic mass is 32.1. The van der Waals surface area contributed by atoms with E-state index in [0.717, 1.165) is 10.6 Å². The Labute approximate surface area is 143 Å². The minimum absolute atomic E-state index is 0.0214. The van der Waals surface area contributed by atoms with Crippen LogP contribution in [0.2, 0.25) is 0 Å².